The second-order valence-corrected chi connectivity index (χ2v) is 27.3. The number of phosphoric acid groups is 2. The maximum Gasteiger partial charge on any atom is 0.472 e. The standard InChI is InChI=1S/C83H132O17P2/c1-5-9-13-17-21-25-29-32-35-37-38-40-43-45-49-52-56-60-64-68-81(86)94-74-79(100-83(88)70-66-62-58-54-50-46-41-34-31-27-23-19-15-11-7-3)76-98-102(91,92)96-72-77(84)71-95-101(89,90)97-75-78(99-82(87)69-65-61-57-53-47-28-24-20-16-12-8-4)73-93-80(85)67-63-59-55-51-48-44-42-39-36-33-30-26-22-18-14-10-6-2/h9-11,13-15,20-27,32-36,38,40-42,44-45,49,51,55-56,60,77-79,84H,5-8,12,16-19,28-31,37,39,43,46-48,50,52-54,57-59,61-76H2,1-4H3,(H,89,90)(H,91,92)/b13-9-,14-10-,15-11-,24-20-,25-21-,26-22-,27-23-,35-32-,36-33-,40-38-,41-34-,44-42-,49-45-,55-51-,60-56-. The average molecular weight is 1460 g/mol. The van der Waals surface area contributed by atoms with Crippen molar-refractivity contribution in [2.75, 3.05) is 39.6 Å². The van der Waals surface area contributed by atoms with Gasteiger partial charge in [0.15, 0.2) is 12.2 Å². The van der Waals surface area contributed by atoms with Crippen LogP contribution in [0.2, 0.25) is 0 Å². The molecule has 0 amide bonds. The topological polar surface area (TPSA) is 237 Å². The van der Waals surface area contributed by atoms with Gasteiger partial charge in [-0.2, -0.15) is 0 Å². The van der Waals surface area contributed by atoms with Gasteiger partial charge in [0.1, 0.15) is 19.3 Å². The first-order valence-corrected chi connectivity index (χ1v) is 41.0. The van der Waals surface area contributed by atoms with E-state index in [0.717, 1.165) is 161 Å². The van der Waals surface area contributed by atoms with Crippen molar-refractivity contribution < 1.29 is 80.2 Å². The highest BCUT2D eigenvalue weighted by atomic mass is 31.2. The molecule has 5 atom stereocenters. The van der Waals surface area contributed by atoms with Gasteiger partial charge in [-0.05, 0) is 154 Å². The Hall–Kier alpha value is -5.84. The van der Waals surface area contributed by atoms with E-state index in [-0.39, 0.29) is 25.7 Å². The van der Waals surface area contributed by atoms with E-state index in [4.69, 9.17) is 37.0 Å². The maximum absolute atomic E-state index is 13.1. The zero-order valence-electron chi connectivity index (χ0n) is 62.7. The molecule has 5 unspecified atom stereocenters. The number of esters is 4. The summed E-state index contributed by atoms with van der Waals surface area (Å²) in [4.78, 5) is 72.8. The number of carbonyl (C=O) groups is 4. The lowest BCUT2D eigenvalue weighted by molar-refractivity contribution is -0.161. The molecule has 0 heterocycles. The van der Waals surface area contributed by atoms with Crippen LogP contribution in [0.4, 0.5) is 0 Å². The molecule has 576 valence electrons. The summed E-state index contributed by atoms with van der Waals surface area (Å²) in [5, 5.41) is 10.6. The average Bonchev–Trinajstić information content (AvgIpc) is 0.939. The Kier molecular flexibility index (Phi) is 69.3. The third-order valence-electron chi connectivity index (χ3n) is 14.9. The van der Waals surface area contributed by atoms with E-state index in [0.29, 0.717) is 38.5 Å². The lowest BCUT2D eigenvalue weighted by Gasteiger charge is -2.21. The summed E-state index contributed by atoms with van der Waals surface area (Å²) >= 11 is 0. The lowest BCUT2D eigenvalue weighted by Crippen LogP contribution is -2.30. The minimum Gasteiger partial charge on any atom is -0.462 e. The number of phosphoric ester groups is 2. The van der Waals surface area contributed by atoms with Crippen molar-refractivity contribution in [3.05, 3.63) is 182 Å². The fourth-order valence-electron chi connectivity index (χ4n) is 9.16. The molecular formula is C83H132O17P2. The molecule has 0 radical (unpaired) electrons. The number of carbonyl (C=O) groups excluding carboxylic acids is 4. The molecule has 0 aliphatic rings. The quantitative estimate of drug-likeness (QED) is 0.0169. The van der Waals surface area contributed by atoms with Crippen LogP contribution < -0.4 is 0 Å². The zero-order valence-corrected chi connectivity index (χ0v) is 64.5. The Labute approximate surface area is 615 Å². The van der Waals surface area contributed by atoms with Gasteiger partial charge in [-0.1, -0.05) is 261 Å². The Morgan fingerprint density at radius 3 is 0.882 bits per heavy atom. The van der Waals surface area contributed by atoms with Crippen molar-refractivity contribution in [2.24, 2.45) is 0 Å². The lowest BCUT2D eigenvalue weighted by atomic mass is 10.1. The molecule has 0 aliphatic heterocycles. The van der Waals surface area contributed by atoms with Gasteiger partial charge < -0.3 is 33.8 Å². The van der Waals surface area contributed by atoms with Gasteiger partial charge in [0.2, 0.25) is 0 Å². The predicted molar refractivity (Wildman–Crippen MR) is 417 cm³/mol. The van der Waals surface area contributed by atoms with Gasteiger partial charge >= 0.3 is 39.5 Å². The summed E-state index contributed by atoms with van der Waals surface area (Å²) in [6.07, 6.45) is 87.7. The van der Waals surface area contributed by atoms with Gasteiger partial charge in [-0.15, -0.1) is 0 Å². The van der Waals surface area contributed by atoms with Crippen LogP contribution in [0, 0.1) is 0 Å². The normalized spacial score (nSPS) is 14.9. The van der Waals surface area contributed by atoms with Crippen molar-refractivity contribution in [1.82, 2.24) is 0 Å². The van der Waals surface area contributed by atoms with Crippen LogP contribution in [0.5, 0.6) is 0 Å². The molecule has 0 rings (SSSR count). The van der Waals surface area contributed by atoms with Gasteiger partial charge in [0, 0.05) is 25.7 Å². The monoisotopic (exact) mass is 1460 g/mol. The van der Waals surface area contributed by atoms with Crippen LogP contribution in [0.1, 0.15) is 259 Å². The number of aliphatic hydroxyl groups is 1. The van der Waals surface area contributed by atoms with Crippen LogP contribution in [0.3, 0.4) is 0 Å². The van der Waals surface area contributed by atoms with Crippen molar-refractivity contribution in [2.45, 2.75) is 277 Å². The zero-order chi connectivity index (χ0) is 74.6. The largest absolute Gasteiger partial charge is 0.472 e. The van der Waals surface area contributed by atoms with E-state index in [2.05, 4.69) is 180 Å². The summed E-state index contributed by atoms with van der Waals surface area (Å²) in [7, 11) is -10.0. The Balaban J connectivity index is 5.48. The summed E-state index contributed by atoms with van der Waals surface area (Å²) < 4.78 is 68.3. The number of hydrogen-bond donors (Lipinski definition) is 3. The van der Waals surface area contributed by atoms with E-state index < -0.39 is 97.5 Å². The minimum atomic E-state index is -5.01. The summed E-state index contributed by atoms with van der Waals surface area (Å²) in [6.45, 7) is 4.27. The molecule has 0 saturated heterocycles. The first-order chi connectivity index (χ1) is 49.7. The summed E-state index contributed by atoms with van der Waals surface area (Å²) in [5.41, 5.74) is 0. The number of ether oxygens (including phenoxy) is 4. The second-order valence-electron chi connectivity index (χ2n) is 24.4. The molecule has 0 fully saturated rings. The smallest absolute Gasteiger partial charge is 0.462 e. The van der Waals surface area contributed by atoms with Gasteiger partial charge in [-0.25, -0.2) is 9.13 Å². The first kappa shape index (κ1) is 96.2. The van der Waals surface area contributed by atoms with Crippen LogP contribution >= 0.6 is 15.6 Å². The molecule has 19 heteroatoms. The van der Waals surface area contributed by atoms with E-state index in [1.807, 2.05) is 30.4 Å². The summed E-state index contributed by atoms with van der Waals surface area (Å²) in [5.74, 6) is -2.39. The Morgan fingerprint density at radius 1 is 0.284 bits per heavy atom. The first-order valence-electron chi connectivity index (χ1n) is 38.0. The molecule has 0 saturated carbocycles. The Morgan fingerprint density at radius 2 is 0.539 bits per heavy atom. The predicted octanol–water partition coefficient (Wildman–Crippen LogP) is 22.0. The molecular weight excluding hydrogens is 1330 g/mol. The number of hydrogen-bond acceptors (Lipinski definition) is 15. The van der Waals surface area contributed by atoms with Gasteiger partial charge in [-0.3, -0.25) is 37.3 Å². The number of unbranched alkanes of at least 4 members (excludes halogenated alkanes) is 13. The molecule has 0 aromatic heterocycles. The molecule has 3 N–H and O–H groups in total. The van der Waals surface area contributed by atoms with E-state index >= 15 is 0 Å². The molecule has 102 heavy (non-hydrogen) atoms. The third kappa shape index (κ3) is 72.5. The van der Waals surface area contributed by atoms with Gasteiger partial charge in [0.05, 0.1) is 26.4 Å². The van der Waals surface area contributed by atoms with E-state index in [1.165, 1.54) is 6.42 Å². The molecule has 0 aromatic carbocycles. The van der Waals surface area contributed by atoms with Gasteiger partial charge in [0.25, 0.3) is 0 Å². The third-order valence-corrected chi connectivity index (χ3v) is 16.8. The Bertz CT molecular complexity index is 2650. The van der Waals surface area contributed by atoms with Crippen molar-refractivity contribution in [1.29, 1.82) is 0 Å². The molecule has 0 aromatic rings. The molecule has 0 spiro atoms. The van der Waals surface area contributed by atoms with E-state index in [1.54, 1.807) is 0 Å². The number of rotatable bonds is 69. The highest BCUT2D eigenvalue weighted by Gasteiger charge is 2.30. The van der Waals surface area contributed by atoms with E-state index in [9.17, 15) is 43.2 Å². The highest BCUT2D eigenvalue weighted by Crippen LogP contribution is 2.45. The fourth-order valence-corrected chi connectivity index (χ4v) is 10.7. The molecule has 0 bridgehead atoms. The van der Waals surface area contributed by atoms with Crippen molar-refractivity contribution in [3.63, 3.8) is 0 Å². The maximum atomic E-state index is 13.1. The van der Waals surface area contributed by atoms with Crippen LogP contribution in [0.25, 0.3) is 0 Å². The highest BCUT2D eigenvalue weighted by molar-refractivity contribution is 7.47. The molecule has 0 aliphatic carbocycles. The number of aliphatic hydroxyl groups excluding tert-OH is 1. The van der Waals surface area contributed by atoms with Crippen LogP contribution in [-0.2, 0) is 65.4 Å². The van der Waals surface area contributed by atoms with Crippen LogP contribution in [0.15, 0.2) is 182 Å². The van der Waals surface area contributed by atoms with Crippen molar-refractivity contribution in [3.8, 4) is 0 Å². The van der Waals surface area contributed by atoms with Crippen LogP contribution in [-0.4, -0.2) is 96.7 Å². The fraction of sp³-hybridized carbons (Fsp3) is 0.590. The SMILES string of the molecule is CC/C=C\C/C=C\C/C=C\C/C=C\C/C=C\C/C=C\CCC(=O)OCC(COP(=O)(O)OCC(O)COP(=O)(O)OCC(COC(=O)CCC/C=C\C/C=C\C/C=C\C/C=C\C/C=C\CC)OC(=O)CCCCCCC/C=C\CCCC)OC(=O)CCCCCCC/C=C\C/C=C\C/C=C\CC. The molecule has 17 nitrogen and oxygen atoms in total. The summed E-state index contributed by atoms with van der Waals surface area (Å²) in [6, 6.07) is 0. The second kappa shape index (κ2) is 73.5. The minimum absolute atomic E-state index is 0.0242. The van der Waals surface area contributed by atoms with Crippen molar-refractivity contribution >= 4 is 39.5 Å². The number of allylic oxidation sites excluding steroid dienone is 30.